The third kappa shape index (κ3) is 2.31. The van der Waals surface area contributed by atoms with Crippen molar-refractivity contribution in [2.45, 2.75) is 19.9 Å². The molecule has 58 valence electrons. The van der Waals surface area contributed by atoms with Gasteiger partial charge in [0.05, 0.1) is 0 Å². The number of hydrogen-bond donors (Lipinski definition) is 1. The fourth-order valence-electron chi connectivity index (χ4n) is 0.566. The lowest BCUT2D eigenvalue weighted by molar-refractivity contribution is 0.598. The number of hydrogen-bond acceptors (Lipinski definition) is 1. The van der Waals surface area contributed by atoms with E-state index >= 15 is 0 Å². The number of likely N-dealkylation sites (N-methyl/N-ethyl adjacent to an activating group) is 1. The van der Waals surface area contributed by atoms with Crippen LogP contribution < -0.4 is 5.32 Å². The molecule has 0 amide bonds. The second kappa shape index (κ2) is 4.23. The molecular formula is C8H14FN. The van der Waals surface area contributed by atoms with Crippen LogP contribution in [0.4, 0.5) is 4.39 Å². The Labute approximate surface area is 61.6 Å². The minimum atomic E-state index is -0.234. The average molecular weight is 143 g/mol. The molecule has 0 rings (SSSR count). The largest absolute Gasteiger partial charge is 0.313 e. The molecular weight excluding hydrogens is 129 g/mol. The third-order valence-electron chi connectivity index (χ3n) is 1.52. The quantitative estimate of drug-likeness (QED) is 0.596. The maximum atomic E-state index is 12.7. The maximum Gasteiger partial charge on any atom is 0.123 e. The average Bonchev–Trinajstić information content (AvgIpc) is 2.00. The van der Waals surface area contributed by atoms with Crippen molar-refractivity contribution in [2.75, 3.05) is 7.05 Å². The van der Waals surface area contributed by atoms with E-state index < -0.39 is 0 Å². The molecule has 0 radical (unpaired) electrons. The van der Waals surface area contributed by atoms with Crippen molar-refractivity contribution < 1.29 is 4.39 Å². The van der Waals surface area contributed by atoms with E-state index in [4.69, 9.17) is 0 Å². The predicted molar refractivity (Wildman–Crippen MR) is 42.5 cm³/mol. The highest BCUT2D eigenvalue weighted by atomic mass is 19.1. The molecule has 0 unspecified atom stereocenters. The van der Waals surface area contributed by atoms with Crippen molar-refractivity contribution in [1.82, 2.24) is 5.32 Å². The lowest BCUT2D eigenvalue weighted by atomic mass is 10.1. The zero-order valence-electron chi connectivity index (χ0n) is 6.74. The zero-order chi connectivity index (χ0) is 8.15. The van der Waals surface area contributed by atoms with Crippen LogP contribution in [0.5, 0.6) is 0 Å². The molecule has 0 heterocycles. The topological polar surface area (TPSA) is 12.0 Å². The summed E-state index contributed by atoms with van der Waals surface area (Å²) >= 11 is 0. The Morgan fingerprint density at radius 3 is 2.50 bits per heavy atom. The van der Waals surface area contributed by atoms with Gasteiger partial charge in [-0.3, -0.25) is 0 Å². The molecule has 0 aromatic rings. The molecule has 0 fully saturated rings. The lowest BCUT2D eigenvalue weighted by Gasteiger charge is -2.10. The van der Waals surface area contributed by atoms with Gasteiger partial charge in [-0.05, 0) is 26.5 Å². The summed E-state index contributed by atoms with van der Waals surface area (Å²) in [6.45, 7) is 7.11. The van der Waals surface area contributed by atoms with Gasteiger partial charge in [0.2, 0.25) is 0 Å². The van der Waals surface area contributed by atoms with Gasteiger partial charge < -0.3 is 5.32 Å². The van der Waals surface area contributed by atoms with Gasteiger partial charge in [-0.25, -0.2) is 4.39 Å². The summed E-state index contributed by atoms with van der Waals surface area (Å²) in [6.07, 6.45) is 1.41. The molecule has 0 bridgehead atoms. The SMILES string of the molecule is C=C(/C(F)=C\C)[C@@H](C)NC. The van der Waals surface area contributed by atoms with Gasteiger partial charge in [0, 0.05) is 6.04 Å². The van der Waals surface area contributed by atoms with Crippen LogP contribution in [0.1, 0.15) is 13.8 Å². The predicted octanol–water partition coefficient (Wildman–Crippen LogP) is 2.02. The first-order valence-electron chi connectivity index (χ1n) is 3.31. The van der Waals surface area contributed by atoms with Crippen LogP contribution in [-0.4, -0.2) is 13.1 Å². The van der Waals surface area contributed by atoms with Gasteiger partial charge >= 0.3 is 0 Å². The molecule has 0 aliphatic carbocycles. The highest BCUT2D eigenvalue weighted by Crippen LogP contribution is 2.12. The molecule has 0 saturated heterocycles. The van der Waals surface area contributed by atoms with E-state index in [2.05, 4.69) is 11.9 Å². The number of halogens is 1. The molecule has 1 nitrogen and oxygen atoms in total. The van der Waals surface area contributed by atoms with E-state index in [1.165, 1.54) is 6.08 Å². The molecule has 10 heavy (non-hydrogen) atoms. The number of allylic oxidation sites excluding steroid dienone is 1. The van der Waals surface area contributed by atoms with E-state index in [0.717, 1.165) is 0 Å². The van der Waals surface area contributed by atoms with E-state index in [1.807, 2.05) is 6.92 Å². The molecule has 0 aliphatic rings. The first kappa shape index (κ1) is 9.37. The van der Waals surface area contributed by atoms with Crippen LogP contribution in [0.3, 0.4) is 0 Å². The van der Waals surface area contributed by atoms with E-state index in [9.17, 15) is 4.39 Å². The monoisotopic (exact) mass is 143 g/mol. The highest BCUT2D eigenvalue weighted by Gasteiger charge is 2.06. The maximum absolute atomic E-state index is 12.7. The molecule has 0 aliphatic heterocycles. The molecule has 2 heteroatoms. The van der Waals surface area contributed by atoms with Gasteiger partial charge in [-0.1, -0.05) is 12.7 Å². The molecule has 0 saturated carbocycles. The molecule has 0 spiro atoms. The normalized spacial score (nSPS) is 15.0. The summed E-state index contributed by atoms with van der Waals surface area (Å²) in [4.78, 5) is 0. The lowest BCUT2D eigenvalue weighted by Crippen LogP contribution is -2.23. The molecule has 1 atom stereocenters. The Balaban J connectivity index is 4.08. The van der Waals surface area contributed by atoms with Crippen LogP contribution >= 0.6 is 0 Å². The van der Waals surface area contributed by atoms with Gasteiger partial charge in [0.15, 0.2) is 0 Å². The zero-order valence-corrected chi connectivity index (χ0v) is 6.74. The Morgan fingerprint density at radius 1 is 1.70 bits per heavy atom. The minimum Gasteiger partial charge on any atom is -0.313 e. The van der Waals surface area contributed by atoms with Gasteiger partial charge in [-0.2, -0.15) is 0 Å². The fourth-order valence-corrected chi connectivity index (χ4v) is 0.566. The van der Waals surface area contributed by atoms with E-state index in [-0.39, 0.29) is 11.9 Å². The van der Waals surface area contributed by atoms with Crippen LogP contribution in [0.2, 0.25) is 0 Å². The molecule has 0 aromatic heterocycles. The Kier molecular flexibility index (Phi) is 3.96. The van der Waals surface area contributed by atoms with Crippen molar-refractivity contribution in [3.63, 3.8) is 0 Å². The highest BCUT2D eigenvalue weighted by molar-refractivity contribution is 5.25. The number of rotatable bonds is 3. The van der Waals surface area contributed by atoms with Gasteiger partial charge in [0.25, 0.3) is 0 Å². The standard InChI is InChI=1S/C8H14FN/c1-5-8(9)6(2)7(3)10-4/h5,7,10H,2H2,1,3-4H3/b8-5+/t7-/m1/s1. The first-order chi connectivity index (χ1) is 4.63. The smallest absolute Gasteiger partial charge is 0.123 e. The van der Waals surface area contributed by atoms with Crippen LogP contribution in [0.15, 0.2) is 24.1 Å². The van der Waals surface area contributed by atoms with Crippen LogP contribution in [0, 0.1) is 0 Å². The van der Waals surface area contributed by atoms with Gasteiger partial charge in [-0.15, -0.1) is 0 Å². The van der Waals surface area contributed by atoms with Gasteiger partial charge in [0.1, 0.15) is 5.83 Å². The fraction of sp³-hybridized carbons (Fsp3) is 0.500. The first-order valence-corrected chi connectivity index (χ1v) is 3.31. The Bertz CT molecular complexity index is 149. The number of nitrogens with one attached hydrogen (secondary N) is 1. The molecule has 0 aromatic carbocycles. The summed E-state index contributed by atoms with van der Waals surface area (Å²) in [5, 5.41) is 2.90. The van der Waals surface area contributed by atoms with Crippen LogP contribution in [-0.2, 0) is 0 Å². The summed E-state index contributed by atoms with van der Waals surface area (Å²) in [6, 6.07) is 0.0104. The molecule has 1 N–H and O–H groups in total. The van der Waals surface area contributed by atoms with Crippen molar-refractivity contribution in [2.24, 2.45) is 0 Å². The Morgan fingerprint density at radius 2 is 2.20 bits per heavy atom. The van der Waals surface area contributed by atoms with Crippen LogP contribution in [0.25, 0.3) is 0 Å². The summed E-state index contributed by atoms with van der Waals surface area (Å²) in [5.74, 6) is -0.234. The van der Waals surface area contributed by atoms with Crippen molar-refractivity contribution >= 4 is 0 Å². The summed E-state index contributed by atoms with van der Waals surface area (Å²) in [7, 11) is 1.78. The van der Waals surface area contributed by atoms with Crippen molar-refractivity contribution in [1.29, 1.82) is 0 Å². The summed E-state index contributed by atoms with van der Waals surface area (Å²) in [5.41, 5.74) is 0.505. The van der Waals surface area contributed by atoms with E-state index in [1.54, 1.807) is 14.0 Å². The van der Waals surface area contributed by atoms with Crippen molar-refractivity contribution in [3.05, 3.63) is 24.1 Å². The second-order valence-electron chi connectivity index (χ2n) is 2.17. The van der Waals surface area contributed by atoms with E-state index in [0.29, 0.717) is 5.57 Å². The van der Waals surface area contributed by atoms with Crippen molar-refractivity contribution in [3.8, 4) is 0 Å². The third-order valence-corrected chi connectivity index (χ3v) is 1.52. The second-order valence-corrected chi connectivity index (χ2v) is 2.17. The Hall–Kier alpha value is -0.630. The minimum absolute atomic E-state index is 0.0104. The summed E-state index contributed by atoms with van der Waals surface area (Å²) < 4.78 is 12.7.